The van der Waals surface area contributed by atoms with E-state index in [1.165, 1.54) is 18.2 Å². The minimum atomic E-state index is -4.46. The summed E-state index contributed by atoms with van der Waals surface area (Å²) in [6.45, 7) is 0. The van der Waals surface area contributed by atoms with Gasteiger partial charge in [0.05, 0.1) is 5.52 Å². The van der Waals surface area contributed by atoms with Crippen LogP contribution in [0.25, 0.3) is 10.9 Å². The second-order valence-electron chi connectivity index (χ2n) is 2.76. The lowest BCUT2D eigenvalue weighted by Gasteiger charge is -2.01. The van der Waals surface area contributed by atoms with Crippen molar-refractivity contribution >= 4 is 22.5 Å². The molecule has 0 amide bonds. The molecule has 6 heteroatoms. The molecule has 14 heavy (non-hydrogen) atoms. The lowest BCUT2D eigenvalue weighted by Crippen LogP contribution is -2.05. The van der Waals surface area contributed by atoms with Gasteiger partial charge >= 0.3 is 6.18 Å². The summed E-state index contributed by atoms with van der Waals surface area (Å²) in [5, 5.41) is 5.74. The van der Waals surface area contributed by atoms with E-state index in [1.807, 2.05) is 0 Å². The molecule has 2 nitrogen and oxygen atoms in total. The van der Waals surface area contributed by atoms with Gasteiger partial charge in [0.25, 0.3) is 0 Å². The molecule has 74 valence electrons. The smallest absolute Gasteiger partial charge is 0.277 e. The van der Waals surface area contributed by atoms with Crippen molar-refractivity contribution in [3.05, 3.63) is 28.9 Å². The molecule has 0 unspecified atom stereocenters. The maximum Gasteiger partial charge on any atom is 0.435 e. The Kier molecular flexibility index (Phi) is 1.92. The summed E-state index contributed by atoms with van der Waals surface area (Å²) in [5.41, 5.74) is -0.614. The molecule has 0 bridgehead atoms. The molecule has 1 heterocycles. The first-order valence-corrected chi connectivity index (χ1v) is 4.07. The minimum Gasteiger partial charge on any atom is -0.277 e. The Morgan fingerprint density at radius 3 is 2.64 bits per heavy atom. The molecule has 0 saturated carbocycles. The molecule has 2 aromatic rings. The first-order chi connectivity index (χ1) is 6.48. The molecule has 0 spiro atoms. The van der Waals surface area contributed by atoms with Crippen LogP contribution in [0.15, 0.2) is 18.2 Å². The van der Waals surface area contributed by atoms with Crippen LogP contribution >= 0.6 is 11.6 Å². The third-order valence-corrected chi connectivity index (χ3v) is 2.03. The number of benzene rings is 1. The number of hydrogen-bond donors (Lipinski definition) is 1. The fourth-order valence-electron chi connectivity index (χ4n) is 1.20. The highest BCUT2D eigenvalue weighted by molar-refractivity contribution is 6.31. The normalized spacial score (nSPS) is 12.3. The maximum atomic E-state index is 12.4. The monoisotopic (exact) mass is 220 g/mol. The predicted molar refractivity (Wildman–Crippen MR) is 46.1 cm³/mol. The molecular weight excluding hydrogens is 217 g/mol. The number of alkyl halides is 3. The van der Waals surface area contributed by atoms with Gasteiger partial charge in [-0.15, -0.1) is 0 Å². The lowest BCUT2D eigenvalue weighted by molar-refractivity contribution is -0.139. The van der Waals surface area contributed by atoms with Crippen LogP contribution in [0.5, 0.6) is 0 Å². The molecule has 1 aromatic carbocycles. The molecule has 1 N–H and O–H groups in total. The van der Waals surface area contributed by atoms with Gasteiger partial charge in [-0.25, -0.2) is 0 Å². The molecule has 0 aliphatic heterocycles. The van der Waals surface area contributed by atoms with E-state index >= 15 is 0 Å². The van der Waals surface area contributed by atoms with Crippen LogP contribution < -0.4 is 0 Å². The molecule has 0 atom stereocenters. The highest BCUT2D eigenvalue weighted by Crippen LogP contribution is 2.33. The van der Waals surface area contributed by atoms with Gasteiger partial charge in [-0.3, -0.25) is 5.10 Å². The largest absolute Gasteiger partial charge is 0.435 e. The first kappa shape index (κ1) is 9.33. The first-order valence-electron chi connectivity index (χ1n) is 3.69. The average molecular weight is 221 g/mol. The molecule has 0 radical (unpaired) electrons. The van der Waals surface area contributed by atoms with E-state index in [0.717, 1.165) is 0 Å². The van der Waals surface area contributed by atoms with E-state index < -0.39 is 11.9 Å². The van der Waals surface area contributed by atoms with Gasteiger partial charge in [0.1, 0.15) is 0 Å². The SMILES string of the molecule is FC(F)(F)c1n[nH]c2ccc(Cl)cc12. The zero-order chi connectivity index (χ0) is 10.3. The number of aromatic nitrogens is 2. The van der Waals surface area contributed by atoms with Crippen LogP contribution in [-0.4, -0.2) is 10.2 Å². The van der Waals surface area contributed by atoms with Crippen molar-refractivity contribution in [3.63, 3.8) is 0 Å². The van der Waals surface area contributed by atoms with Crippen LogP contribution in [0.4, 0.5) is 13.2 Å². The summed E-state index contributed by atoms with van der Waals surface area (Å²) < 4.78 is 37.1. The van der Waals surface area contributed by atoms with E-state index in [0.29, 0.717) is 5.52 Å². The van der Waals surface area contributed by atoms with Crippen molar-refractivity contribution in [2.75, 3.05) is 0 Å². The fraction of sp³-hybridized carbons (Fsp3) is 0.125. The van der Waals surface area contributed by atoms with Gasteiger partial charge in [0.15, 0.2) is 5.69 Å². The summed E-state index contributed by atoms with van der Waals surface area (Å²) in [5.74, 6) is 0. The topological polar surface area (TPSA) is 28.7 Å². The second-order valence-corrected chi connectivity index (χ2v) is 3.20. The summed E-state index contributed by atoms with van der Waals surface area (Å²) >= 11 is 5.59. The van der Waals surface area contributed by atoms with Crippen LogP contribution in [0, 0.1) is 0 Å². The number of rotatable bonds is 0. The van der Waals surface area contributed by atoms with Crippen molar-refractivity contribution in [2.45, 2.75) is 6.18 Å². The highest BCUT2D eigenvalue weighted by Gasteiger charge is 2.35. The van der Waals surface area contributed by atoms with Gasteiger partial charge in [0, 0.05) is 10.4 Å². The molecule has 0 aliphatic carbocycles. The van der Waals surface area contributed by atoms with Gasteiger partial charge in [0.2, 0.25) is 0 Å². The molecule has 0 aliphatic rings. The Bertz CT molecular complexity index is 475. The van der Waals surface area contributed by atoms with E-state index in [2.05, 4.69) is 10.2 Å². The molecule has 1 aromatic heterocycles. The van der Waals surface area contributed by atoms with Crippen molar-refractivity contribution in [2.24, 2.45) is 0 Å². The number of fused-ring (bicyclic) bond motifs is 1. The summed E-state index contributed by atoms with van der Waals surface area (Å²) in [6.07, 6.45) is -4.46. The van der Waals surface area contributed by atoms with Crippen molar-refractivity contribution < 1.29 is 13.2 Å². The van der Waals surface area contributed by atoms with Crippen LogP contribution in [0.1, 0.15) is 5.69 Å². The molecular formula is C8H4ClF3N2. The quantitative estimate of drug-likeness (QED) is 0.726. The van der Waals surface area contributed by atoms with Crippen LogP contribution in [0.3, 0.4) is 0 Å². The van der Waals surface area contributed by atoms with E-state index in [4.69, 9.17) is 11.6 Å². The van der Waals surface area contributed by atoms with Gasteiger partial charge in [-0.2, -0.15) is 18.3 Å². The number of hydrogen-bond acceptors (Lipinski definition) is 1. The Hall–Kier alpha value is -1.23. The van der Waals surface area contributed by atoms with E-state index in [-0.39, 0.29) is 10.4 Å². The van der Waals surface area contributed by atoms with Gasteiger partial charge in [-0.05, 0) is 18.2 Å². The molecule has 2 rings (SSSR count). The Morgan fingerprint density at radius 1 is 1.29 bits per heavy atom. The Labute approximate surface area is 81.7 Å². The number of nitrogens with one attached hydrogen (secondary N) is 1. The Morgan fingerprint density at radius 2 is 2.00 bits per heavy atom. The number of halogens is 4. The predicted octanol–water partition coefficient (Wildman–Crippen LogP) is 3.24. The van der Waals surface area contributed by atoms with Gasteiger partial charge < -0.3 is 0 Å². The summed E-state index contributed by atoms with van der Waals surface area (Å²) in [7, 11) is 0. The highest BCUT2D eigenvalue weighted by atomic mass is 35.5. The van der Waals surface area contributed by atoms with E-state index in [9.17, 15) is 13.2 Å². The number of H-pyrrole nitrogens is 1. The average Bonchev–Trinajstić information content (AvgIpc) is 2.45. The zero-order valence-electron chi connectivity index (χ0n) is 6.69. The fourth-order valence-corrected chi connectivity index (χ4v) is 1.37. The Balaban J connectivity index is 2.73. The maximum absolute atomic E-state index is 12.4. The zero-order valence-corrected chi connectivity index (χ0v) is 7.45. The number of nitrogens with zero attached hydrogens (tertiary/aromatic N) is 1. The second kappa shape index (κ2) is 2.88. The summed E-state index contributed by atoms with van der Waals surface area (Å²) in [4.78, 5) is 0. The third kappa shape index (κ3) is 1.43. The van der Waals surface area contributed by atoms with E-state index in [1.54, 1.807) is 0 Å². The summed E-state index contributed by atoms with van der Waals surface area (Å²) in [6, 6.07) is 4.20. The van der Waals surface area contributed by atoms with Gasteiger partial charge in [-0.1, -0.05) is 11.6 Å². The van der Waals surface area contributed by atoms with Crippen molar-refractivity contribution in [1.82, 2.24) is 10.2 Å². The van der Waals surface area contributed by atoms with Crippen molar-refractivity contribution in [3.8, 4) is 0 Å². The minimum absolute atomic E-state index is 0.00926. The lowest BCUT2D eigenvalue weighted by atomic mass is 10.2. The standard InChI is InChI=1S/C8H4ClF3N2/c9-4-1-2-6-5(3-4)7(14-13-6)8(10,11)12/h1-3H,(H,13,14). The van der Waals surface area contributed by atoms with Crippen molar-refractivity contribution in [1.29, 1.82) is 0 Å². The molecule has 0 saturated heterocycles. The molecule has 0 fully saturated rings. The van der Waals surface area contributed by atoms with Crippen LogP contribution in [0.2, 0.25) is 5.02 Å². The third-order valence-electron chi connectivity index (χ3n) is 1.79. The number of aromatic amines is 1. The van der Waals surface area contributed by atoms with Crippen LogP contribution in [-0.2, 0) is 6.18 Å².